The number of ether oxygens (including phenoxy) is 1. The number of hydrogen-bond acceptors (Lipinski definition) is 4. The molecule has 126 valence electrons. The standard InChI is InChI=1S/C20H23NO3/c1-4-24-20-17(23)9-12-5-6-21(3)15-8-13-10-16(22)11(2)7-14(13)19(20)18(12)15/h7,9-10,15,22-23H,4-6,8H2,1-3H3. The van der Waals surface area contributed by atoms with E-state index in [2.05, 4.69) is 11.9 Å². The summed E-state index contributed by atoms with van der Waals surface area (Å²) in [6.45, 7) is 5.31. The van der Waals surface area contributed by atoms with Crippen LogP contribution in [0.1, 0.15) is 35.2 Å². The van der Waals surface area contributed by atoms with Crippen molar-refractivity contribution in [3.05, 3.63) is 40.5 Å². The van der Waals surface area contributed by atoms with Crippen molar-refractivity contribution in [3.8, 4) is 28.4 Å². The fraction of sp³-hybridized carbons (Fsp3) is 0.400. The Kier molecular flexibility index (Phi) is 3.46. The van der Waals surface area contributed by atoms with E-state index in [9.17, 15) is 10.2 Å². The summed E-state index contributed by atoms with van der Waals surface area (Å²) in [5, 5.41) is 20.7. The Hall–Kier alpha value is -2.20. The quantitative estimate of drug-likeness (QED) is 0.886. The van der Waals surface area contributed by atoms with Crippen LogP contribution >= 0.6 is 0 Å². The molecule has 0 saturated heterocycles. The number of aromatic hydroxyl groups is 2. The zero-order valence-electron chi connectivity index (χ0n) is 14.4. The van der Waals surface area contributed by atoms with E-state index in [1.165, 1.54) is 11.1 Å². The summed E-state index contributed by atoms with van der Waals surface area (Å²) in [5.74, 6) is 1.11. The summed E-state index contributed by atoms with van der Waals surface area (Å²) < 4.78 is 5.84. The Morgan fingerprint density at radius 1 is 1.17 bits per heavy atom. The largest absolute Gasteiger partial charge is 0.508 e. The SMILES string of the molecule is CCOc1c(O)cc2c3c1-c1cc(C)c(O)cc1CC3N(C)CC2. The van der Waals surface area contributed by atoms with Gasteiger partial charge < -0.3 is 14.9 Å². The summed E-state index contributed by atoms with van der Waals surface area (Å²) in [6, 6.07) is 6.03. The van der Waals surface area contributed by atoms with Crippen molar-refractivity contribution < 1.29 is 14.9 Å². The second kappa shape index (κ2) is 5.42. The lowest BCUT2D eigenvalue weighted by Gasteiger charge is -2.40. The van der Waals surface area contributed by atoms with Crippen molar-refractivity contribution >= 4 is 0 Å². The van der Waals surface area contributed by atoms with Crippen LogP contribution in [0.2, 0.25) is 0 Å². The maximum atomic E-state index is 10.5. The number of benzene rings is 2. The van der Waals surface area contributed by atoms with E-state index < -0.39 is 0 Å². The van der Waals surface area contributed by atoms with Gasteiger partial charge >= 0.3 is 0 Å². The predicted octanol–water partition coefficient (Wildman–Crippen LogP) is 3.56. The maximum Gasteiger partial charge on any atom is 0.169 e. The first-order chi connectivity index (χ1) is 11.5. The highest BCUT2D eigenvalue weighted by atomic mass is 16.5. The van der Waals surface area contributed by atoms with Gasteiger partial charge in [-0.25, -0.2) is 0 Å². The van der Waals surface area contributed by atoms with Gasteiger partial charge in [-0.2, -0.15) is 0 Å². The van der Waals surface area contributed by atoms with Crippen LogP contribution in [0.5, 0.6) is 17.2 Å². The highest BCUT2D eigenvalue weighted by molar-refractivity contribution is 5.84. The molecule has 2 aromatic rings. The van der Waals surface area contributed by atoms with E-state index in [1.54, 1.807) is 0 Å². The van der Waals surface area contributed by atoms with Crippen molar-refractivity contribution in [1.29, 1.82) is 0 Å². The predicted molar refractivity (Wildman–Crippen MR) is 93.9 cm³/mol. The molecule has 0 spiro atoms. The Balaban J connectivity index is 2.07. The lowest BCUT2D eigenvalue weighted by Crippen LogP contribution is -2.35. The molecule has 0 saturated carbocycles. The van der Waals surface area contributed by atoms with Crippen LogP contribution in [-0.4, -0.2) is 35.3 Å². The molecule has 1 aliphatic heterocycles. The number of likely N-dealkylation sites (N-methyl/N-ethyl adjacent to an activating group) is 1. The summed E-state index contributed by atoms with van der Waals surface area (Å²) in [5.41, 5.74) is 6.53. The minimum atomic E-state index is 0.215. The molecular weight excluding hydrogens is 302 g/mol. The molecule has 4 nitrogen and oxygen atoms in total. The smallest absolute Gasteiger partial charge is 0.169 e. The third-order valence-corrected chi connectivity index (χ3v) is 5.38. The van der Waals surface area contributed by atoms with E-state index in [1.807, 2.05) is 32.0 Å². The Labute approximate surface area is 142 Å². The molecule has 0 amide bonds. The molecule has 1 aliphatic carbocycles. The maximum absolute atomic E-state index is 10.5. The van der Waals surface area contributed by atoms with Gasteiger partial charge in [-0.3, -0.25) is 4.90 Å². The molecule has 2 aromatic carbocycles. The summed E-state index contributed by atoms with van der Waals surface area (Å²) >= 11 is 0. The van der Waals surface area contributed by atoms with Gasteiger partial charge in [-0.05, 0) is 79.8 Å². The van der Waals surface area contributed by atoms with Crippen molar-refractivity contribution in [2.45, 2.75) is 32.7 Å². The van der Waals surface area contributed by atoms with Gasteiger partial charge in [0.2, 0.25) is 0 Å². The van der Waals surface area contributed by atoms with Gasteiger partial charge in [0, 0.05) is 18.2 Å². The highest BCUT2D eigenvalue weighted by Crippen LogP contribution is 2.52. The van der Waals surface area contributed by atoms with E-state index in [0.29, 0.717) is 18.1 Å². The molecular formula is C20H23NO3. The number of rotatable bonds is 2. The highest BCUT2D eigenvalue weighted by Gasteiger charge is 2.36. The molecule has 2 N–H and O–H groups in total. The summed E-state index contributed by atoms with van der Waals surface area (Å²) in [6.07, 6.45) is 1.80. The van der Waals surface area contributed by atoms with Crippen molar-refractivity contribution in [1.82, 2.24) is 4.90 Å². The molecule has 1 unspecified atom stereocenters. The Bertz CT molecular complexity index is 828. The minimum absolute atomic E-state index is 0.215. The summed E-state index contributed by atoms with van der Waals surface area (Å²) in [7, 11) is 2.14. The van der Waals surface area contributed by atoms with Crippen LogP contribution in [0, 0.1) is 6.92 Å². The minimum Gasteiger partial charge on any atom is -0.508 e. The first kappa shape index (κ1) is 15.3. The fourth-order valence-electron chi connectivity index (χ4n) is 4.15. The first-order valence-corrected chi connectivity index (χ1v) is 8.55. The lowest BCUT2D eigenvalue weighted by atomic mass is 9.76. The molecule has 1 atom stereocenters. The summed E-state index contributed by atoms with van der Waals surface area (Å²) in [4.78, 5) is 2.36. The van der Waals surface area contributed by atoms with Gasteiger partial charge in [0.15, 0.2) is 11.5 Å². The Morgan fingerprint density at radius 3 is 2.67 bits per heavy atom. The molecule has 24 heavy (non-hydrogen) atoms. The number of phenolic OH excluding ortho intramolecular Hbond substituents is 2. The van der Waals surface area contributed by atoms with E-state index >= 15 is 0 Å². The Morgan fingerprint density at radius 2 is 1.92 bits per heavy atom. The number of phenols is 2. The van der Waals surface area contributed by atoms with E-state index in [-0.39, 0.29) is 11.8 Å². The van der Waals surface area contributed by atoms with Gasteiger partial charge in [0.05, 0.1) is 6.61 Å². The zero-order valence-corrected chi connectivity index (χ0v) is 14.4. The number of nitrogens with zero attached hydrogens (tertiary/aromatic N) is 1. The number of fused-ring (bicyclic) bond motifs is 2. The van der Waals surface area contributed by atoms with Gasteiger partial charge in [-0.1, -0.05) is 0 Å². The van der Waals surface area contributed by atoms with E-state index in [4.69, 9.17) is 4.74 Å². The van der Waals surface area contributed by atoms with Crippen molar-refractivity contribution in [2.24, 2.45) is 0 Å². The average Bonchev–Trinajstić information content (AvgIpc) is 2.55. The zero-order chi connectivity index (χ0) is 17.0. The second-order valence-electron chi connectivity index (χ2n) is 6.85. The number of hydrogen-bond donors (Lipinski definition) is 2. The van der Waals surface area contributed by atoms with Crippen molar-refractivity contribution in [2.75, 3.05) is 20.2 Å². The molecule has 0 aromatic heterocycles. The number of aryl methyl sites for hydroxylation is 1. The first-order valence-electron chi connectivity index (χ1n) is 8.55. The van der Waals surface area contributed by atoms with Crippen LogP contribution in [0.4, 0.5) is 0 Å². The third kappa shape index (κ3) is 2.09. The normalized spacial score (nSPS) is 18.9. The molecule has 4 rings (SSSR count). The fourth-order valence-corrected chi connectivity index (χ4v) is 4.15. The van der Waals surface area contributed by atoms with Crippen LogP contribution in [0.3, 0.4) is 0 Å². The van der Waals surface area contributed by atoms with Gasteiger partial charge in [0.1, 0.15) is 5.75 Å². The van der Waals surface area contributed by atoms with Gasteiger partial charge in [-0.15, -0.1) is 0 Å². The van der Waals surface area contributed by atoms with Crippen LogP contribution in [-0.2, 0) is 12.8 Å². The average molecular weight is 325 g/mol. The second-order valence-corrected chi connectivity index (χ2v) is 6.85. The van der Waals surface area contributed by atoms with Gasteiger partial charge in [0.25, 0.3) is 0 Å². The van der Waals surface area contributed by atoms with Crippen LogP contribution < -0.4 is 4.74 Å². The molecule has 0 fully saturated rings. The van der Waals surface area contributed by atoms with Crippen LogP contribution in [0.15, 0.2) is 18.2 Å². The topological polar surface area (TPSA) is 52.9 Å². The third-order valence-electron chi connectivity index (χ3n) is 5.38. The molecule has 0 radical (unpaired) electrons. The molecule has 0 bridgehead atoms. The monoisotopic (exact) mass is 325 g/mol. The van der Waals surface area contributed by atoms with E-state index in [0.717, 1.165) is 41.6 Å². The lowest BCUT2D eigenvalue weighted by molar-refractivity contribution is 0.226. The molecule has 2 aliphatic rings. The molecule has 1 heterocycles. The van der Waals surface area contributed by atoms with Crippen LogP contribution in [0.25, 0.3) is 11.1 Å². The molecule has 4 heteroatoms. The van der Waals surface area contributed by atoms with Crippen molar-refractivity contribution in [3.63, 3.8) is 0 Å².